The molecule has 100 valence electrons. The molecule has 4 heteroatoms. The third-order valence-corrected chi connectivity index (χ3v) is 4.90. The van der Waals surface area contributed by atoms with Gasteiger partial charge in [-0.25, -0.2) is 9.37 Å². The molecule has 0 spiro atoms. The summed E-state index contributed by atoms with van der Waals surface area (Å²) in [5.74, 6) is -0.226. The first-order valence-corrected chi connectivity index (χ1v) is 7.47. The average molecular weight is 284 g/mol. The van der Waals surface area contributed by atoms with E-state index < -0.39 is 0 Å². The van der Waals surface area contributed by atoms with Gasteiger partial charge in [0.25, 0.3) is 0 Å². The van der Waals surface area contributed by atoms with Gasteiger partial charge in [0.15, 0.2) is 0 Å². The van der Waals surface area contributed by atoms with Crippen molar-refractivity contribution in [2.24, 2.45) is 0 Å². The molecular weight excluding hydrogens is 271 g/mol. The van der Waals surface area contributed by atoms with Gasteiger partial charge in [0.05, 0.1) is 16.3 Å². The minimum Gasteiger partial charge on any atom is -0.304 e. The molecule has 1 aliphatic rings. The van der Waals surface area contributed by atoms with Gasteiger partial charge in [0.1, 0.15) is 10.8 Å². The van der Waals surface area contributed by atoms with Crippen molar-refractivity contribution in [1.82, 2.24) is 10.3 Å². The van der Waals surface area contributed by atoms with Crippen LogP contribution in [0.4, 0.5) is 4.39 Å². The quantitative estimate of drug-likeness (QED) is 0.734. The number of halogens is 1. The lowest BCUT2D eigenvalue weighted by atomic mass is 9.96. The Hall–Kier alpha value is -1.78. The van der Waals surface area contributed by atoms with E-state index in [0.717, 1.165) is 28.2 Å². The van der Waals surface area contributed by atoms with Crippen LogP contribution in [0.2, 0.25) is 0 Å². The summed E-state index contributed by atoms with van der Waals surface area (Å²) in [4.78, 5) is 4.59. The minimum atomic E-state index is -0.226. The zero-order valence-electron chi connectivity index (χ0n) is 10.8. The normalized spacial score (nSPS) is 18.1. The monoisotopic (exact) mass is 284 g/mol. The van der Waals surface area contributed by atoms with Crippen LogP contribution in [0.1, 0.15) is 22.2 Å². The molecule has 0 radical (unpaired) electrons. The van der Waals surface area contributed by atoms with Crippen LogP contribution in [-0.2, 0) is 13.0 Å². The smallest absolute Gasteiger partial charge is 0.125 e. The molecule has 0 fully saturated rings. The summed E-state index contributed by atoms with van der Waals surface area (Å²) in [6.45, 7) is 0.866. The second-order valence-electron chi connectivity index (χ2n) is 5.07. The Morgan fingerprint density at radius 2 is 2.00 bits per heavy atom. The molecule has 1 aliphatic heterocycles. The van der Waals surface area contributed by atoms with E-state index in [-0.39, 0.29) is 11.9 Å². The van der Waals surface area contributed by atoms with Crippen molar-refractivity contribution >= 4 is 21.6 Å². The predicted molar refractivity (Wildman–Crippen MR) is 79.3 cm³/mol. The van der Waals surface area contributed by atoms with Gasteiger partial charge in [0, 0.05) is 12.6 Å². The maximum Gasteiger partial charge on any atom is 0.125 e. The molecule has 0 aliphatic carbocycles. The number of nitrogens with one attached hydrogen (secondary N) is 1. The van der Waals surface area contributed by atoms with Crippen molar-refractivity contribution in [3.8, 4) is 0 Å². The molecule has 1 N–H and O–H groups in total. The van der Waals surface area contributed by atoms with Crippen LogP contribution < -0.4 is 5.32 Å². The summed E-state index contributed by atoms with van der Waals surface area (Å²) in [6, 6.07) is 13.5. The Morgan fingerprint density at radius 1 is 1.15 bits per heavy atom. The van der Waals surface area contributed by atoms with Gasteiger partial charge in [-0.05, 0) is 29.7 Å². The highest BCUT2D eigenvalue weighted by Crippen LogP contribution is 2.31. The van der Waals surface area contributed by atoms with Crippen LogP contribution in [0.5, 0.6) is 0 Å². The van der Waals surface area contributed by atoms with Gasteiger partial charge >= 0.3 is 0 Å². The number of benzene rings is 2. The van der Waals surface area contributed by atoms with Crippen molar-refractivity contribution in [3.05, 3.63) is 64.4 Å². The van der Waals surface area contributed by atoms with Gasteiger partial charge < -0.3 is 5.32 Å². The summed E-state index contributed by atoms with van der Waals surface area (Å²) in [5, 5.41) is 4.56. The summed E-state index contributed by atoms with van der Waals surface area (Å²) in [5.41, 5.74) is 3.49. The fourth-order valence-corrected chi connectivity index (χ4v) is 3.72. The molecule has 0 saturated heterocycles. The first-order chi connectivity index (χ1) is 9.79. The number of hydrogen-bond donors (Lipinski definition) is 1. The molecule has 1 unspecified atom stereocenters. The van der Waals surface area contributed by atoms with Crippen molar-refractivity contribution in [1.29, 1.82) is 0 Å². The molecule has 0 saturated carbocycles. The molecule has 0 bridgehead atoms. The summed E-state index contributed by atoms with van der Waals surface area (Å²) in [7, 11) is 0. The SMILES string of the molecule is Fc1ccc2sc(C3Cc4ccccc4CN3)nc2c1. The molecule has 1 atom stereocenters. The van der Waals surface area contributed by atoms with E-state index in [1.807, 2.05) is 6.07 Å². The Labute approximate surface area is 120 Å². The lowest BCUT2D eigenvalue weighted by molar-refractivity contribution is 0.497. The van der Waals surface area contributed by atoms with E-state index in [2.05, 4.69) is 34.6 Å². The zero-order chi connectivity index (χ0) is 13.5. The number of rotatable bonds is 1. The maximum atomic E-state index is 13.2. The second-order valence-corrected chi connectivity index (χ2v) is 6.13. The fraction of sp³-hybridized carbons (Fsp3) is 0.188. The van der Waals surface area contributed by atoms with Crippen LogP contribution in [0.3, 0.4) is 0 Å². The molecular formula is C16H13FN2S. The van der Waals surface area contributed by atoms with E-state index >= 15 is 0 Å². The van der Waals surface area contributed by atoms with Crippen molar-refractivity contribution in [2.45, 2.75) is 19.0 Å². The van der Waals surface area contributed by atoms with Crippen LogP contribution in [-0.4, -0.2) is 4.98 Å². The highest BCUT2D eigenvalue weighted by molar-refractivity contribution is 7.18. The predicted octanol–water partition coefficient (Wildman–Crippen LogP) is 3.82. The molecule has 0 amide bonds. The Morgan fingerprint density at radius 3 is 2.90 bits per heavy atom. The van der Waals surface area contributed by atoms with Crippen LogP contribution in [0.15, 0.2) is 42.5 Å². The summed E-state index contributed by atoms with van der Waals surface area (Å²) >= 11 is 1.65. The third-order valence-electron chi connectivity index (χ3n) is 3.75. The number of hydrogen-bond acceptors (Lipinski definition) is 3. The largest absolute Gasteiger partial charge is 0.304 e. The van der Waals surface area contributed by atoms with E-state index in [0.29, 0.717) is 0 Å². The summed E-state index contributed by atoms with van der Waals surface area (Å²) in [6.07, 6.45) is 0.943. The Balaban J connectivity index is 1.70. The van der Waals surface area contributed by atoms with Gasteiger partial charge in [-0.2, -0.15) is 0 Å². The molecule has 2 aromatic carbocycles. The van der Waals surface area contributed by atoms with Crippen molar-refractivity contribution in [2.75, 3.05) is 0 Å². The maximum absolute atomic E-state index is 13.2. The average Bonchev–Trinajstić information content (AvgIpc) is 2.89. The Kier molecular flexibility index (Phi) is 2.79. The molecule has 2 heterocycles. The third kappa shape index (κ3) is 2.01. The number of nitrogens with zero attached hydrogens (tertiary/aromatic N) is 1. The highest BCUT2D eigenvalue weighted by Gasteiger charge is 2.22. The molecule has 2 nitrogen and oxygen atoms in total. The topological polar surface area (TPSA) is 24.9 Å². The lowest BCUT2D eigenvalue weighted by Gasteiger charge is -2.24. The van der Waals surface area contributed by atoms with E-state index in [4.69, 9.17) is 0 Å². The van der Waals surface area contributed by atoms with Gasteiger partial charge in [-0.15, -0.1) is 11.3 Å². The minimum absolute atomic E-state index is 0.226. The zero-order valence-corrected chi connectivity index (χ0v) is 11.6. The highest BCUT2D eigenvalue weighted by atomic mass is 32.1. The van der Waals surface area contributed by atoms with Gasteiger partial charge in [-0.1, -0.05) is 24.3 Å². The van der Waals surface area contributed by atoms with Crippen LogP contribution in [0, 0.1) is 5.82 Å². The van der Waals surface area contributed by atoms with Gasteiger partial charge in [0.2, 0.25) is 0 Å². The van der Waals surface area contributed by atoms with Crippen LogP contribution >= 0.6 is 11.3 Å². The number of fused-ring (bicyclic) bond motifs is 2. The van der Waals surface area contributed by atoms with E-state index in [1.54, 1.807) is 11.3 Å². The molecule has 3 aromatic rings. The standard InChI is InChI=1S/C16H13FN2S/c17-12-5-6-15-13(8-12)19-16(20-15)14-7-10-3-1-2-4-11(10)9-18-14/h1-6,8,14,18H,7,9H2. The lowest BCUT2D eigenvalue weighted by Crippen LogP contribution is -2.28. The van der Waals surface area contributed by atoms with Crippen LogP contribution in [0.25, 0.3) is 10.2 Å². The number of aromatic nitrogens is 1. The fourth-order valence-electron chi connectivity index (χ4n) is 2.70. The van der Waals surface area contributed by atoms with Gasteiger partial charge in [-0.3, -0.25) is 0 Å². The summed E-state index contributed by atoms with van der Waals surface area (Å²) < 4.78 is 14.3. The van der Waals surface area contributed by atoms with Crippen molar-refractivity contribution in [3.63, 3.8) is 0 Å². The Bertz CT molecular complexity index is 781. The molecule has 20 heavy (non-hydrogen) atoms. The first kappa shape index (κ1) is 12.0. The van der Waals surface area contributed by atoms with E-state index in [9.17, 15) is 4.39 Å². The molecule has 4 rings (SSSR count). The number of thiazole rings is 1. The second kappa shape index (κ2) is 4.65. The van der Waals surface area contributed by atoms with E-state index in [1.165, 1.54) is 23.3 Å². The first-order valence-electron chi connectivity index (χ1n) is 6.66. The van der Waals surface area contributed by atoms with Crippen molar-refractivity contribution < 1.29 is 4.39 Å². The molecule has 1 aromatic heterocycles.